The summed E-state index contributed by atoms with van der Waals surface area (Å²) in [6.07, 6.45) is 1.73. The van der Waals surface area contributed by atoms with Crippen LogP contribution < -0.4 is 21.0 Å². The van der Waals surface area contributed by atoms with Crippen molar-refractivity contribution < 1.29 is 14.4 Å². The predicted molar refractivity (Wildman–Crippen MR) is 124 cm³/mol. The summed E-state index contributed by atoms with van der Waals surface area (Å²) in [4.78, 5) is 36.3. The molecule has 1 atom stereocenters. The van der Waals surface area contributed by atoms with Gasteiger partial charge in [0.15, 0.2) is 17.3 Å². The monoisotopic (exact) mass is 463 g/mol. The van der Waals surface area contributed by atoms with Crippen molar-refractivity contribution in [1.82, 2.24) is 30.4 Å². The Labute approximate surface area is 195 Å². The molecule has 3 aromatic rings. The highest BCUT2D eigenvalue weighted by Gasteiger charge is 2.32. The van der Waals surface area contributed by atoms with Gasteiger partial charge >= 0.3 is 0 Å². The van der Waals surface area contributed by atoms with Crippen molar-refractivity contribution in [3.8, 4) is 5.69 Å². The van der Waals surface area contributed by atoms with Crippen molar-refractivity contribution in [2.45, 2.75) is 32.7 Å². The number of nitrogens with one attached hydrogen (secondary N) is 3. The molecule has 1 aliphatic carbocycles. The first-order chi connectivity index (χ1) is 16.4. The maximum atomic E-state index is 12.6. The summed E-state index contributed by atoms with van der Waals surface area (Å²) in [5, 5.41) is 18.7. The molecular formula is C22H25N9O3. The average Bonchev–Trinajstić information content (AvgIpc) is 3.59. The zero-order valence-corrected chi connectivity index (χ0v) is 19.3. The lowest BCUT2D eigenvalue weighted by molar-refractivity contribution is -0.117. The number of rotatable bonds is 6. The summed E-state index contributed by atoms with van der Waals surface area (Å²) in [7, 11) is 3.32. The molecule has 2 amide bonds. The van der Waals surface area contributed by atoms with Gasteiger partial charge in [0.2, 0.25) is 5.91 Å². The Hall–Kier alpha value is -4.06. The van der Waals surface area contributed by atoms with Crippen LogP contribution in [0.25, 0.3) is 5.69 Å². The second-order valence-electron chi connectivity index (χ2n) is 8.40. The third kappa shape index (κ3) is 3.81. The minimum absolute atomic E-state index is 0.00582. The van der Waals surface area contributed by atoms with Crippen LogP contribution in [0.15, 0.2) is 24.3 Å². The van der Waals surface area contributed by atoms with Crippen molar-refractivity contribution in [2.75, 3.05) is 29.7 Å². The maximum absolute atomic E-state index is 12.6. The van der Waals surface area contributed by atoms with Crippen LogP contribution in [0.1, 0.15) is 47.9 Å². The van der Waals surface area contributed by atoms with Gasteiger partial charge in [-0.05, 0) is 38.8 Å². The van der Waals surface area contributed by atoms with Crippen LogP contribution in [0, 0.1) is 12.8 Å². The molecular weight excluding hydrogens is 438 g/mol. The molecule has 0 radical (unpaired) electrons. The second kappa shape index (κ2) is 8.37. The number of anilines is 4. The van der Waals surface area contributed by atoms with Crippen LogP contribution in [0.3, 0.4) is 0 Å². The van der Waals surface area contributed by atoms with E-state index in [0.717, 1.165) is 35.7 Å². The third-order valence-corrected chi connectivity index (χ3v) is 5.96. The summed E-state index contributed by atoms with van der Waals surface area (Å²) in [5.74, 6) is 1.13. The first-order valence-corrected chi connectivity index (χ1v) is 11.0. The summed E-state index contributed by atoms with van der Waals surface area (Å²) in [6, 6.07) is 7.32. The number of carbonyl (C=O) groups is 2. The Morgan fingerprint density at radius 2 is 1.97 bits per heavy atom. The van der Waals surface area contributed by atoms with E-state index in [1.807, 2.05) is 36.9 Å². The van der Waals surface area contributed by atoms with Gasteiger partial charge in [-0.1, -0.05) is 6.07 Å². The van der Waals surface area contributed by atoms with Crippen LogP contribution in [0.5, 0.6) is 0 Å². The molecule has 0 bridgehead atoms. The molecule has 34 heavy (non-hydrogen) atoms. The number of hydroxylamine groups is 1. The standard InChI is InChI=1S/C22H25N9O3/c1-11-20-23-12(2)28-31(20)16-7-5-6-14(19(16)30(11)3)24-15-10-17(25-21(32)13-8-9-13)26-27-18(15)22(33)29-34-4/h5-7,10-11,13H,8-9H2,1-4H3,(H,29,33)(H2,24,25,26,32). The molecule has 0 saturated heterocycles. The van der Waals surface area contributed by atoms with Gasteiger partial charge in [0.1, 0.15) is 5.82 Å². The summed E-state index contributed by atoms with van der Waals surface area (Å²) in [5.41, 5.74) is 5.12. The largest absolute Gasteiger partial charge is 0.361 e. The molecule has 2 aliphatic rings. The molecule has 1 aromatic carbocycles. The number of benzene rings is 1. The summed E-state index contributed by atoms with van der Waals surface area (Å²) < 4.78 is 1.84. The van der Waals surface area contributed by atoms with Crippen LogP contribution in [0.2, 0.25) is 0 Å². The normalized spacial score (nSPS) is 16.5. The fraction of sp³-hybridized carbons (Fsp3) is 0.364. The van der Waals surface area contributed by atoms with Gasteiger partial charge in [0.05, 0.1) is 35.9 Å². The number of amides is 2. The molecule has 3 N–H and O–H groups in total. The van der Waals surface area contributed by atoms with E-state index in [9.17, 15) is 9.59 Å². The van der Waals surface area contributed by atoms with E-state index in [4.69, 9.17) is 4.84 Å². The Bertz CT molecular complexity index is 1280. The number of hydrogen-bond donors (Lipinski definition) is 3. The smallest absolute Gasteiger partial charge is 0.297 e. The number of carbonyl (C=O) groups excluding carboxylic acids is 2. The number of aromatic nitrogens is 5. The molecule has 5 rings (SSSR count). The van der Waals surface area contributed by atoms with Crippen molar-refractivity contribution >= 4 is 34.7 Å². The van der Waals surface area contributed by atoms with E-state index in [2.05, 4.69) is 48.2 Å². The number of aryl methyl sites for hydroxylation is 1. The fourth-order valence-corrected chi connectivity index (χ4v) is 4.00. The zero-order valence-electron chi connectivity index (χ0n) is 19.3. The maximum Gasteiger partial charge on any atom is 0.297 e. The average molecular weight is 464 g/mol. The Morgan fingerprint density at radius 3 is 2.71 bits per heavy atom. The molecule has 12 nitrogen and oxygen atoms in total. The zero-order chi connectivity index (χ0) is 24.0. The van der Waals surface area contributed by atoms with Crippen LogP contribution >= 0.6 is 0 Å². The van der Waals surface area contributed by atoms with Crippen molar-refractivity contribution in [3.05, 3.63) is 41.6 Å². The molecule has 3 heterocycles. The first kappa shape index (κ1) is 21.8. The molecule has 12 heteroatoms. The number of nitrogens with zero attached hydrogens (tertiary/aromatic N) is 6. The van der Waals surface area contributed by atoms with Crippen LogP contribution in [0.4, 0.5) is 22.9 Å². The van der Waals surface area contributed by atoms with Gasteiger partial charge in [-0.2, -0.15) is 5.10 Å². The van der Waals surface area contributed by atoms with Gasteiger partial charge < -0.3 is 15.5 Å². The van der Waals surface area contributed by atoms with E-state index in [1.165, 1.54) is 7.11 Å². The molecule has 1 saturated carbocycles. The number of para-hydroxylation sites is 1. The Kier molecular flexibility index (Phi) is 5.36. The quantitative estimate of drug-likeness (QED) is 0.470. The molecule has 1 aliphatic heterocycles. The Balaban J connectivity index is 1.56. The van der Waals surface area contributed by atoms with E-state index < -0.39 is 5.91 Å². The molecule has 0 spiro atoms. The Morgan fingerprint density at radius 1 is 1.18 bits per heavy atom. The van der Waals surface area contributed by atoms with Crippen molar-refractivity contribution in [2.24, 2.45) is 5.92 Å². The number of hydrogen-bond acceptors (Lipinski definition) is 9. The lowest BCUT2D eigenvalue weighted by Gasteiger charge is -2.34. The van der Waals surface area contributed by atoms with Crippen LogP contribution in [-0.2, 0) is 9.63 Å². The highest BCUT2D eigenvalue weighted by Crippen LogP contribution is 2.42. The molecule has 1 fully saturated rings. The lowest BCUT2D eigenvalue weighted by Crippen LogP contribution is -2.31. The van der Waals surface area contributed by atoms with Gasteiger partial charge in [-0.25, -0.2) is 15.1 Å². The highest BCUT2D eigenvalue weighted by atomic mass is 16.6. The summed E-state index contributed by atoms with van der Waals surface area (Å²) in [6.45, 7) is 3.91. The van der Waals surface area contributed by atoms with Gasteiger partial charge in [0, 0.05) is 19.0 Å². The van der Waals surface area contributed by atoms with Gasteiger partial charge in [-0.15, -0.1) is 10.2 Å². The predicted octanol–water partition coefficient (Wildman–Crippen LogP) is 2.26. The van der Waals surface area contributed by atoms with Gasteiger partial charge in [-0.3, -0.25) is 14.4 Å². The molecule has 2 aromatic heterocycles. The molecule has 176 valence electrons. The second-order valence-corrected chi connectivity index (χ2v) is 8.40. The topological polar surface area (TPSA) is 139 Å². The lowest BCUT2D eigenvalue weighted by atomic mass is 10.1. The molecule has 1 unspecified atom stereocenters. The third-order valence-electron chi connectivity index (χ3n) is 5.96. The minimum Gasteiger partial charge on any atom is -0.361 e. The SMILES string of the molecule is CONC(=O)c1nnc(NC(=O)C2CC2)cc1Nc1cccc2c1N(C)C(C)c1nc(C)nn1-2. The minimum atomic E-state index is -0.571. The first-order valence-electron chi connectivity index (χ1n) is 11.0. The van der Waals surface area contributed by atoms with Gasteiger partial charge in [0.25, 0.3) is 5.91 Å². The van der Waals surface area contributed by atoms with E-state index in [1.54, 1.807) is 6.07 Å². The highest BCUT2D eigenvalue weighted by molar-refractivity contribution is 6.00. The fourth-order valence-electron chi connectivity index (χ4n) is 4.00. The summed E-state index contributed by atoms with van der Waals surface area (Å²) >= 11 is 0. The van der Waals surface area contributed by atoms with Crippen molar-refractivity contribution in [1.29, 1.82) is 0 Å². The van der Waals surface area contributed by atoms with E-state index >= 15 is 0 Å². The number of fused-ring (bicyclic) bond motifs is 3. The van der Waals surface area contributed by atoms with E-state index in [0.29, 0.717) is 11.5 Å². The van der Waals surface area contributed by atoms with E-state index in [-0.39, 0.29) is 29.4 Å². The van der Waals surface area contributed by atoms with Crippen molar-refractivity contribution in [3.63, 3.8) is 0 Å². The van der Waals surface area contributed by atoms with Crippen LogP contribution in [-0.4, -0.2) is 50.9 Å².